The van der Waals surface area contributed by atoms with Crippen LogP contribution >= 0.6 is 0 Å². The molecule has 1 aromatic rings. The molecule has 0 saturated carbocycles. The number of ether oxygens (including phenoxy) is 2. The molecule has 0 saturated heterocycles. The second-order valence-electron chi connectivity index (χ2n) is 8.17. The summed E-state index contributed by atoms with van der Waals surface area (Å²) >= 11 is 0. The first-order chi connectivity index (χ1) is 11.2. The highest BCUT2D eigenvalue weighted by atomic mass is 16.5. The van der Waals surface area contributed by atoms with Gasteiger partial charge in [-0.05, 0) is 63.2 Å². The van der Waals surface area contributed by atoms with Crippen molar-refractivity contribution in [2.45, 2.75) is 67.1 Å². The van der Waals surface area contributed by atoms with Crippen LogP contribution in [0, 0.1) is 11.3 Å². The van der Waals surface area contributed by atoms with E-state index in [1.807, 2.05) is 6.07 Å². The summed E-state index contributed by atoms with van der Waals surface area (Å²) in [5.41, 5.74) is 2.61. The Bertz CT molecular complexity index is 587. The topological polar surface area (TPSA) is 18.5 Å². The molecule has 1 atom stereocenters. The minimum atomic E-state index is 0.130. The first kappa shape index (κ1) is 18.6. The lowest BCUT2D eigenvalue weighted by Crippen LogP contribution is -2.23. The molecule has 1 aliphatic rings. The van der Waals surface area contributed by atoms with Crippen LogP contribution in [0.5, 0.6) is 11.5 Å². The molecule has 1 aromatic carbocycles. The van der Waals surface area contributed by atoms with Crippen LogP contribution in [0.2, 0.25) is 0 Å². The second-order valence-corrected chi connectivity index (χ2v) is 8.17. The molecule has 1 aliphatic carbocycles. The molecule has 0 bridgehead atoms. The highest BCUT2D eigenvalue weighted by Gasteiger charge is 2.32. The van der Waals surface area contributed by atoms with Crippen LogP contribution in [-0.4, -0.2) is 12.2 Å². The summed E-state index contributed by atoms with van der Waals surface area (Å²) in [4.78, 5) is 0. The number of benzene rings is 1. The zero-order valence-corrected chi connectivity index (χ0v) is 16.2. The zero-order valence-electron chi connectivity index (χ0n) is 16.2. The van der Waals surface area contributed by atoms with E-state index in [4.69, 9.17) is 9.47 Å². The fourth-order valence-corrected chi connectivity index (χ4v) is 3.21. The summed E-state index contributed by atoms with van der Waals surface area (Å²) < 4.78 is 12.3. The summed E-state index contributed by atoms with van der Waals surface area (Å²) in [5, 5.41) is 0. The summed E-state index contributed by atoms with van der Waals surface area (Å²) in [6.45, 7) is 15.2. The van der Waals surface area contributed by atoms with Crippen molar-refractivity contribution in [3.63, 3.8) is 0 Å². The Morgan fingerprint density at radius 1 is 0.958 bits per heavy atom. The molecular weight excluding hydrogens is 296 g/mol. The lowest BCUT2D eigenvalue weighted by atomic mass is 9.70. The highest BCUT2D eigenvalue weighted by Crippen LogP contribution is 2.47. The van der Waals surface area contributed by atoms with Gasteiger partial charge < -0.3 is 9.47 Å². The van der Waals surface area contributed by atoms with Crippen LogP contribution in [0.25, 0.3) is 5.57 Å². The fraction of sp³-hybridized carbons (Fsp3) is 0.545. The molecule has 2 heteroatoms. The smallest absolute Gasteiger partial charge is 0.130 e. The Labute approximate surface area is 147 Å². The first-order valence-corrected chi connectivity index (χ1v) is 9.03. The predicted octanol–water partition coefficient (Wildman–Crippen LogP) is 6.27. The maximum atomic E-state index is 6.14. The summed E-state index contributed by atoms with van der Waals surface area (Å²) in [6.07, 6.45) is 7.95. The van der Waals surface area contributed by atoms with E-state index in [1.54, 1.807) is 0 Å². The van der Waals surface area contributed by atoms with Crippen LogP contribution in [0.15, 0.2) is 36.4 Å². The van der Waals surface area contributed by atoms with Gasteiger partial charge in [0, 0.05) is 0 Å². The van der Waals surface area contributed by atoms with Crippen LogP contribution in [-0.2, 0) is 0 Å². The maximum absolute atomic E-state index is 6.14. The molecule has 0 amide bonds. The molecular formula is C22H32O2. The van der Waals surface area contributed by atoms with Gasteiger partial charge in [-0.25, -0.2) is 0 Å². The van der Waals surface area contributed by atoms with Gasteiger partial charge in [-0.15, -0.1) is 0 Å². The van der Waals surface area contributed by atoms with Crippen molar-refractivity contribution in [3.8, 4) is 11.5 Å². The average Bonchev–Trinajstić information content (AvgIpc) is 2.45. The van der Waals surface area contributed by atoms with E-state index in [1.165, 1.54) is 5.57 Å². The number of hydrogen-bond acceptors (Lipinski definition) is 2. The van der Waals surface area contributed by atoms with E-state index in [0.717, 1.165) is 23.5 Å². The molecule has 0 aliphatic heterocycles. The number of allylic oxidation sites excluding steroid dienone is 4. The molecule has 0 fully saturated rings. The lowest BCUT2D eigenvalue weighted by Gasteiger charge is -2.35. The van der Waals surface area contributed by atoms with Gasteiger partial charge in [-0.3, -0.25) is 0 Å². The van der Waals surface area contributed by atoms with Gasteiger partial charge in [-0.1, -0.05) is 45.1 Å². The highest BCUT2D eigenvalue weighted by molar-refractivity contribution is 5.79. The van der Waals surface area contributed by atoms with Crippen molar-refractivity contribution in [2.75, 3.05) is 0 Å². The third kappa shape index (κ3) is 4.43. The van der Waals surface area contributed by atoms with Crippen LogP contribution in [0.4, 0.5) is 0 Å². The zero-order chi connectivity index (χ0) is 17.9. The van der Waals surface area contributed by atoms with E-state index in [-0.39, 0.29) is 17.6 Å². The van der Waals surface area contributed by atoms with Crippen LogP contribution < -0.4 is 9.47 Å². The molecule has 0 radical (unpaired) electrons. The van der Waals surface area contributed by atoms with Gasteiger partial charge >= 0.3 is 0 Å². The molecule has 2 nitrogen and oxygen atoms in total. The first-order valence-electron chi connectivity index (χ1n) is 9.03. The Kier molecular flexibility index (Phi) is 5.79. The minimum Gasteiger partial charge on any atom is -0.490 e. The molecule has 0 aromatic heterocycles. The molecule has 2 rings (SSSR count). The van der Waals surface area contributed by atoms with Gasteiger partial charge in [0.05, 0.1) is 17.8 Å². The van der Waals surface area contributed by atoms with E-state index in [9.17, 15) is 0 Å². The largest absolute Gasteiger partial charge is 0.490 e. The molecule has 0 unspecified atom stereocenters. The average molecular weight is 328 g/mol. The van der Waals surface area contributed by atoms with Gasteiger partial charge in [0.2, 0.25) is 0 Å². The minimum absolute atomic E-state index is 0.130. The van der Waals surface area contributed by atoms with E-state index in [2.05, 4.69) is 78.8 Å². The van der Waals surface area contributed by atoms with Gasteiger partial charge in [-0.2, -0.15) is 0 Å². The third-order valence-electron chi connectivity index (χ3n) is 4.21. The Hall–Kier alpha value is -1.70. The van der Waals surface area contributed by atoms with Crippen LogP contribution in [0.1, 0.15) is 60.5 Å². The predicted molar refractivity (Wildman–Crippen MR) is 103 cm³/mol. The maximum Gasteiger partial charge on any atom is 0.130 e. The Balaban J connectivity index is 2.59. The van der Waals surface area contributed by atoms with Crippen molar-refractivity contribution in [2.24, 2.45) is 11.3 Å². The molecule has 132 valence electrons. The summed E-state index contributed by atoms with van der Waals surface area (Å²) in [5.74, 6) is 2.27. The number of rotatable bonds is 5. The molecule has 0 spiro atoms. The lowest BCUT2D eigenvalue weighted by molar-refractivity contribution is 0.226. The van der Waals surface area contributed by atoms with E-state index >= 15 is 0 Å². The molecule has 24 heavy (non-hydrogen) atoms. The van der Waals surface area contributed by atoms with Crippen molar-refractivity contribution in [1.82, 2.24) is 0 Å². The van der Waals surface area contributed by atoms with E-state index < -0.39 is 0 Å². The van der Waals surface area contributed by atoms with Crippen molar-refractivity contribution in [1.29, 1.82) is 0 Å². The van der Waals surface area contributed by atoms with Gasteiger partial charge in [0.25, 0.3) is 0 Å². The monoisotopic (exact) mass is 328 g/mol. The normalized spacial score (nSPS) is 18.0. The SMILES string of the molecule is CC(C)Oc1cccc(OC(C)C)c1C1=CC=CC[C@H]1C(C)(C)C. The third-order valence-corrected chi connectivity index (χ3v) is 4.21. The standard InChI is InChI=1S/C22H32O2/c1-15(2)23-19-13-10-14-20(24-16(3)4)21(19)17-11-8-9-12-18(17)22(5,6)7/h8-11,13-16,18H,12H2,1-7H3/t18-/m1/s1. The van der Waals surface area contributed by atoms with Crippen molar-refractivity contribution < 1.29 is 9.47 Å². The van der Waals surface area contributed by atoms with Crippen LogP contribution in [0.3, 0.4) is 0 Å². The van der Waals surface area contributed by atoms with E-state index in [0.29, 0.717) is 5.92 Å². The van der Waals surface area contributed by atoms with Gasteiger partial charge in [0.1, 0.15) is 11.5 Å². The van der Waals surface area contributed by atoms with Crippen molar-refractivity contribution in [3.05, 3.63) is 42.0 Å². The summed E-state index contributed by atoms with van der Waals surface area (Å²) in [6, 6.07) is 6.13. The quantitative estimate of drug-likeness (QED) is 0.634. The number of hydrogen-bond donors (Lipinski definition) is 0. The van der Waals surface area contributed by atoms with Gasteiger partial charge in [0.15, 0.2) is 0 Å². The second kappa shape index (κ2) is 7.46. The fourth-order valence-electron chi connectivity index (χ4n) is 3.21. The summed E-state index contributed by atoms with van der Waals surface area (Å²) in [7, 11) is 0. The Morgan fingerprint density at radius 3 is 1.96 bits per heavy atom. The molecule has 0 heterocycles. The van der Waals surface area contributed by atoms with Crippen molar-refractivity contribution >= 4 is 5.57 Å². The Morgan fingerprint density at radius 2 is 1.50 bits per heavy atom. The molecule has 0 N–H and O–H groups in total.